The first-order valence-corrected chi connectivity index (χ1v) is 11.1. The highest BCUT2D eigenvalue weighted by atomic mass is 16.5. The number of nitrogens with zero attached hydrogens (tertiary/aromatic N) is 2. The molecule has 0 aliphatic carbocycles. The largest absolute Gasteiger partial charge is 0.394 e. The predicted octanol–water partition coefficient (Wildman–Crippen LogP) is 2.36. The van der Waals surface area contributed by atoms with Gasteiger partial charge in [-0.3, -0.25) is 9.59 Å². The number of carbonyl (C=O) groups excluding carboxylic acids is 2. The number of aliphatic hydroxyl groups excluding tert-OH is 1. The van der Waals surface area contributed by atoms with Gasteiger partial charge in [0.15, 0.2) is 0 Å². The second-order valence-electron chi connectivity index (χ2n) is 8.70. The lowest BCUT2D eigenvalue weighted by atomic mass is 9.71. The van der Waals surface area contributed by atoms with Crippen LogP contribution >= 0.6 is 0 Å². The molecule has 0 unspecified atom stereocenters. The number of anilines is 1. The number of hydrogen-bond donors (Lipinski definition) is 1. The summed E-state index contributed by atoms with van der Waals surface area (Å²) in [6.07, 6.45) is 1.78. The van der Waals surface area contributed by atoms with Crippen LogP contribution in [0.5, 0.6) is 0 Å². The van der Waals surface area contributed by atoms with E-state index in [1.165, 1.54) is 0 Å². The molecule has 0 bridgehead atoms. The summed E-state index contributed by atoms with van der Waals surface area (Å²) >= 11 is 0. The molecule has 2 amide bonds. The molecule has 6 nitrogen and oxygen atoms in total. The van der Waals surface area contributed by atoms with Gasteiger partial charge in [0.05, 0.1) is 25.1 Å². The summed E-state index contributed by atoms with van der Waals surface area (Å²) < 4.78 is 5.44. The van der Waals surface area contributed by atoms with Crippen molar-refractivity contribution in [3.05, 3.63) is 65.7 Å². The predicted molar refractivity (Wildman–Crippen MR) is 117 cm³/mol. The maximum atomic E-state index is 13.4. The third-order valence-corrected chi connectivity index (χ3v) is 7.01. The number of carbonyl (C=O) groups is 2. The minimum absolute atomic E-state index is 0.00402. The van der Waals surface area contributed by atoms with Gasteiger partial charge in [-0.25, -0.2) is 0 Å². The van der Waals surface area contributed by atoms with Gasteiger partial charge < -0.3 is 19.6 Å². The number of aliphatic hydroxyl groups is 1. The van der Waals surface area contributed by atoms with Gasteiger partial charge in [-0.2, -0.15) is 0 Å². The van der Waals surface area contributed by atoms with Crippen LogP contribution in [0.3, 0.4) is 0 Å². The van der Waals surface area contributed by atoms with Gasteiger partial charge in [-0.1, -0.05) is 48.5 Å². The van der Waals surface area contributed by atoms with Crippen LogP contribution in [0.1, 0.15) is 29.9 Å². The molecule has 31 heavy (non-hydrogen) atoms. The number of amides is 2. The van der Waals surface area contributed by atoms with Crippen molar-refractivity contribution < 1.29 is 19.4 Å². The number of rotatable bonds is 4. The Hall–Kier alpha value is -2.70. The Kier molecular flexibility index (Phi) is 5.50. The molecule has 3 heterocycles. The fraction of sp³-hybridized carbons (Fsp3) is 0.440. The van der Waals surface area contributed by atoms with Gasteiger partial charge in [-0.15, -0.1) is 0 Å². The van der Waals surface area contributed by atoms with Crippen LogP contribution in [0.25, 0.3) is 0 Å². The summed E-state index contributed by atoms with van der Waals surface area (Å²) in [5.74, 6) is 0.140. The molecule has 2 aromatic rings. The summed E-state index contributed by atoms with van der Waals surface area (Å²) in [6, 6.07) is 17.3. The summed E-state index contributed by atoms with van der Waals surface area (Å²) in [5, 5.41) is 10.1. The number of hydrogen-bond acceptors (Lipinski definition) is 4. The molecule has 0 saturated carbocycles. The van der Waals surface area contributed by atoms with E-state index in [0.29, 0.717) is 26.2 Å². The third kappa shape index (κ3) is 3.54. The average Bonchev–Trinajstić information content (AvgIpc) is 2.80. The molecule has 6 heteroatoms. The molecule has 0 aromatic heterocycles. The number of likely N-dealkylation sites (tertiary alicyclic amines) is 1. The van der Waals surface area contributed by atoms with Crippen LogP contribution in [0.2, 0.25) is 0 Å². The first-order chi connectivity index (χ1) is 15.2. The van der Waals surface area contributed by atoms with E-state index in [4.69, 9.17) is 4.74 Å². The summed E-state index contributed by atoms with van der Waals surface area (Å²) in [7, 11) is 0. The van der Waals surface area contributed by atoms with Crippen LogP contribution in [-0.2, 0) is 20.7 Å². The van der Waals surface area contributed by atoms with Crippen LogP contribution in [-0.4, -0.2) is 60.3 Å². The van der Waals surface area contributed by atoms with Gasteiger partial charge in [0.1, 0.15) is 0 Å². The third-order valence-electron chi connectivity index (χ3n) is 7.01. The maximum Gasteiger partial charge on any atom is 0.230 e. The lowest BCUT2D eigenvalue weighted by Gasteiger charge is -2.59. The molecule has 2 saturated heterocycles. The standard InChI is InChI=1S/C25H28N2O4/c28-16-22-24-19-8-4-5-9-20(19)26(25(30)18-10-12-31-13-11-18)15-21(24)27(22)23(29)14-17-6-2-1-3-7-17/h1-9,18,21-22,24,28H,10-16H2/t21-,22-,24+/m0/s1. The molecular formula is C25H28N2O4. The van der Waals surface area contributed by atoms with Crippen molar-refractivity contribution in [3.63, 3.8) is 0 Å². The fourth-order valence-corrected chi connectivity index (χ4v) is 5.47. The zero-order valence-electron chi connectivity index (χ0n) is 17.5. The van der Waals surface area contributed by atoms with E-state index in [1.807, 2.05) is 64.4 Å². The zero-order valence-corrected chi connectivity index (χ0v) is 17.5. The first kappa shape index (κ1) is 20.2. The number of benzene rings is 2. The Morgan fingerprint density at radius 2 is 1.71 bits per heavy atom. The summed E-state index contributed by atoms with van der Waals surface area (Å²) in [6.45, 7) is 1.64. The van der Waals surface area contributed by atoms with Crippen molar-refractivity contribution in [1.29, 1.82) is 0 Å². The van der Waals surface area contributed by atoms with Gasteiger partial charge in [0, 0.05) is 37.3 Å². The molecule has 0 radical (unpaired) electrons. The number of para-hydroxylation sites is 1. The molecule has 0 spiro atoms. The van der Waals surface area contributed by atoms with E-state index in [2.05, 4.69) is 0 Å². The topological polar surface area (TPSA) is 70.1 Å². The molecule has 3 aliphatic heterocycles. The highest BCUT2D eigenvalue weighted by molar-refractivity contribution is 5.97. The average molecular weight is 421 g/mol. The van der Waals surface area contributed by atoms with Crippen molar-refractivity contribution in [1.82, 2.24) is 4.90 Å². The zero-order chi connectivity index (χ0) is 21.4. The van der Waals surface area contributed by atoms with Crippen LogP contribution in [0.4, 0.5) is 5.69 Å². The second-order valence-corrected chi connectivity index (χ2v) is 8.70. The fourth-order valence-electron chi connectivity index (χ4n) is 5.47. The Balaban J connectivity index is 1.43. The van der Waals surface area contributed by atoms with Crippen LogP contribution < -0.4 is 4.90 Å². The molecule has 2 fully saturated rings. The minimum atomic E-state index is -0.248. The van der Waals surface area contributed by atoms with Crippen molar-refractivity contribution in [2.24, 2.45) is 5.92 Å². The molecule has 162 valence electrons. The molecule has 1 N–H and O–H groups in total. The monoisotopic (exact) mass is 420 g/mol. The SMILES string of the molecule is O=C(C1CCOCC1)N1C[C@H]2[C@@H](c3ccccc31)[C@H](CO)N2C(=O)Cc1ccccc1. The van der Waals surface area contributed by atoms with E-state index in [1.54, 1.807) is 0 Å². The number of fused-ring (bicyclic) bond motifs is 3. The van der Waals surface area contributed by atoms with Crippen molar-refractivity contribution in [2.45, 2.75) is 37.3 Å². The second kappa shape index (κ2) is 8.44. The van der Waals surface area contributed by atoms with E-state index < -0.39 is 0 Å². The first-order valence-electron chi connectivity index (χ1n) is 11.1. The van der Waals surface area contributed by atoms with Crippen LogP contribution in [0.15, 0.2) is 54.6 Å². The quantitative estimate of drug-likeness (QED) is 0.825. The highest BCUT2D eigenvalue weighted by Crippen LogP contribution is 2.48. The Morgan fingerprint density at radius 3 is 2.45 bits per heavy atom. The molecule has 3 aliphatic rings. The Bertz CT molecular complexity index is 957. The lowest BCUT2D eigenvalue weighted by molar-refractivity contribution is -0.150. The lowest BCUT2D eigenvalue weighted by Crippen LogP contribution is -2.71. The normalized spacial score (nSPS) is 25.4. The van der Waals surface area contributed by atoms with Gasteiger partial charge in [0.25, 0.3) is 0 Å². The molecular weight excluding hydrogens is 392 g/mol. The number of ether oxygens (including phenoxy) is 1. The smallest absolute Gasteiger partial charge is 0.230 e. The summed E-state index contributed by atoms with van der Waals surface area (Å²) in [5.41, 5.74) is 2.94. The van der Waals surface area contributed by atoms with Crippen LogP contribution in [0, 0.1) is 5.92 Å². The van der Waals surface area contributed by atoms with Gasteiger partial charge in [-0.05, 0) is 30.0 Å². The van der Waals surface area contributed by atoms with Crippen molar-refractivity contribution in [3.8, 4) is 0 Å². The van der Waals surface area contributed by atoms with E-state index >= 15 is 0 Å². The Labute approximate surface area is 182 Å². The van der Waals surface area contributed by atoms with E-state index in [-0.39, 0.29) is 42.3 Å². The minimum Gasteiger partial charge on any atom is -0.394 e. The maximum absolute atomic E-state index is 13.4. The van der Waals surface area contributed by atoms with Crippen molar-refractivity contribution in [2.75, 3.05) is 31.3 Å². The van der Waals surface area contributed by atoms with Gasteiger partial charge in [0.2, 0.25) is 11.8 Å². The van der Waals surface area contributed by atoms with Crippen molar-refractivity contribution >= 4 is 17.5 Å². The van der Waals surface area contributed by atoms with E-state index in [0.717, 1.165) is 29.7 Å². The molecule has 5 rings (SSSR count). The van der Waals surface area contributed by atoms with Gasteiger partial charge >= 0.3 is 0 Å². The molecule has 3 atom stereocenters. The van der Waals surface area contributed by atoms with E-state index in [9.17, 15) is 14.7 Å². The summed E-state index contributed by atoms with van der Waals surface area (Å²) in [4.78, 5) is 30.3. The Morgan fingerprint density at radius 1 is 1.00 bits per heavy atom. The molecule has 2 aromatic carbocycles. The highest BCUT2D eigenvalue weighted by Gasteiger charge is 2.55.